The second kappa shape index (κ2) is 4.04. The van der Waals surface area contributed by atoms with Crippen molar-refractivity contribution in [3.05, 3.63) is 11.6 Å². The van der Waals surface area contributed by atoms with Crippen LogP contribution < -0.4 is 5.48 Å². The lowest BCUT2D eigenvalue weighted by molar-refractivity contribution is -0.130. The first-order valence-corrected chi connectivity index (χ1v) is 3.93. The smallest absolute Gasteiger partial charge is 0.271 e. The number of hydrogen-bond donors (Lipinski definition) is 2. The third-order valence-corrected chi connectivity index (χ3v) is 1.50. The molecular formula is C8H12N2O3. The van der Waals surface area contributed by atoms with Crippen LogP contribution in [-0.4, -0.2) is 29.7 Å². The number of amides is 1. The van der Waals surface area contributed by atoms with E-state index < -0.39 is 11.9 Å². The highest BCUT2D eigenvalue weighted by molar-refractivity contribution is 5.93. The quantitative estimate of drug-likeness (QED) is 0.477. The number of hydroxylamine groups is 1. The van der Waals surface area contributed by atoms with Crippen molar-refractivity contribution in [1.82, 2.24) is 5.48 Å². The second-order valence-corrected chi connectivity index (χ2v) is 2.99. The fourth-order valence-electron chi connectivity index (χ4n) is 0.927. The van der Waals surface area contributed by atoms with Crippen molar-refractivity contribution in [3.63, 3.8) is 0 Å². The molecule has 0 fully saturated rings. The molecule has 0 radical (unpaired) electrons. The van der Waals surface area contributed by atoms with Gasteiger partial charge in [-0.05, 0) is 19.9 Å². The van der Waals surface area contributed by atoms with Gasteiger partial charge in [-0.1, -0.05) is 5.57 Å². The van der Waals surface area contributed by atoms with Gasteiger partial charge in [0.25, 0.3) is 5.91 Å². The number of hydrogen-bond acceptors (Lipinski definition) is 4. The number of carbonyl (C=O) groups is 1. The van der Waals surface area contributed by atoms with E-state index in [9.17, 15) is 4.79 Å². The molecule has 0 aromatic carbocycles. The van der Waals surface area contributed by atoms with Gasteiger partial charge in [0, 0.05) is 0 Å². The van der Waals surface area contributed by atoms with E-state index >= 15 is 0 Å². The zero-order chi connectivity index (χ0) is 9.84. The van der Waals surface area contributed by atoms with Crippen molar-refractivity contribution in [2.45, 2.75) is 19.9 Å². The van der Waals surface area contributed by atoms with E-state index in [4.69, 9.17) is 9.94 Å². The molecule has 0 saturated heterocycles. The maximum absolute atomic E-state index is 10.9. The van der Waals surface area contributed by atoms with Crippen LogP contribution in [0.5, 0.6) is 0 Å². The Balaban J connectivity index is 2.64. The Morgan fingerprint density at radius 3 is 3.00 bits per heavy atom. The summed E-state index contributed by atoms with van der Waals surface area (Å²) in [6, 6.07) is -0.629. The number of allylic oxidation sites excluding steroid dienone is 1. The average Bonchev–Trinajstić information content (AvgIpc) is 2.50. The van der Waals surface area contributed by atoms with E-state index in [1.807, 2.05) is 13.8 Å². The highest BCUT2D eigenvalue weighted by Crippen LogP contribution is 2.06. The molecule has 0 bridgehead atoms. The van der Waals surface area contributed by atoms with Crippen LogP contribution in [0.1, 0.15) is 13.8 Å². The van der Waals surface area contributed by atoms with E-state index in [1.54, 1.807) is 6.08 Å². The molecule has 5 heteroatoms. The minimum atomic E-state index is -0.629. The summed E-state index contributed by atoms with van der Waals surface area (Å²) in [5.74, 6) is -0.106. The normalized spacial score (nSPS) is 20.2. The van der Waals surface area contributed by atoms with E-state index in [0.717, 1.165) is 5.57 Å². The summed E-state index contributed by atoms with van der Waals surface area (Å²) in [6.07, 6.45) is 1.74. The van der Waals surface area contributed by atoms with Gasteiger partial charge in [-0.2, -0.15) is 0 Å². The molecular weight excluding hydrogens is 172 g/mol. The second-order valence-electron chi connectivity index (χ2n) is 2.99. The number of aliphatic imine (C=N–C) groups is 1. The highest BCUT2D eigenvalue weighted by Gasteiger charge is 2.24. The van der Waals surface area contributed by atoms with E-state index in [0.29, 0.717) is 5.90 Å². The molecule has 0 spiro atoms. The first kappa shape index (κ1) is 9.73. The van der Waals surface area contributed by atoms with Crippen LogP contribution >= 0.6 is 0 Å². The molecule has 1 amide bonds. The summed E-state index contributed by atoms with van der Waals surface area (Å²) < 4.78 is 5.10. The Kier molecular flexibility index (Phi) is 3.02. The van der Waals surface area contributed by atoms with Crippen molar-refractivity contribution in [2.24, 2.45) is 4.99 Å². The topological polar surface area (TPSA) is 70.9 Å². The molecule has 0 aliphatic carbocycles. The summed E-state index contributed by atoms with van der Waals surface area (Å²) in [7, 11) is 0. The Bertz CT molecular complexity index is 267. The Morgan fingerprint density at radius 2 is 2.46 bits per heavy atom. The average molecular weight is 184 g/mol. The molecule has 5 nitrogen and oxygen atoms in total. The fourth-order valence-corrected chi connectivity index (χ4v) is 0.927. The number of carbonyl (C=O) groups excluding carboxylic acids is 1. The van der Waals surface area contributed by atoms with Gasteiger partial charge in [-0.25, -0.2) is 10.5 Å². The lowest BCUT2D eigenvalue weighted by Crippen LogP contribution is -2.31. The fraction of sp³-hybridized carbons (Fsp3) is 0.500. The molecule has 1 aliphatic heterocycles. The number of nitrogens with zero attached hydrogens (tertiary/aromatic N) is 1. The van der Waals surface area contributed by atoms with Crippen LogP contribution in [0.15, 0.2) is 16.6 Å². The summed E-state index contributed by atoms with van der Waals surface area (Å²) in [5.41, 5.74) is 2.58. The Morgan fingerprint density at radius 1 is 1.77 bits per heavy atom. The minimum Gasteiger partial charge on any atom is -0.475 e. The molecule has 13 heavy (non-hydrogen) atoms. The molecule has 0 aromatic rings. The molecule has 2 N–H and O–H groups in total. The van der Waals surface area contributed by atoms with Crippen LogP contribution in [0.3, 0.4) is 0 Å². The van der Waals surface area contributed by atoms with Gasteiger partial charge in [-0.15, -0.1) is 0 Å². The van der Waals surface area contributed by atoms with Crippen LogP contribution in [0.25, 0.3) is 0 Å². The molecule has 72 valence electrons. The monoisotopic (exact) mass is 184 g/mol. The predicted octanol–water partition coefficient (Wildman–Crippen LogP) is 0.255. The van der Waals surface area contributed by atoms with Crippen LogP contribution in [-0.2, 0) is 9.53 Å². The van der Waals surface area contributed by atoms with Gasteiger partial charge >= 0.3 is 0 Å². The Labute approximate surface area is 76.1 Å². The minimum absolute atomic E-state index is 0.186. The third kappa shape index (κ3) is 2.55. The zero-order valence-corrected chi connectivity index (χ0v) is 7.57. The standard InChI is InChI=1S/C8H12N2O3/c1-5(2)3-7-9-6(4-13-7)8(11)10-12/h3,6,12H,4H2,1-2H3,(H,10,11)/t6-/m1/s1. The highest BCUT2D eigenvalue weighted by atomic mass is 16.5. The number of nitrogens with one attached hydrogen (secondary N) is 1. The largest absolute Gasteiger partial charge is 0.475 e. The maximum atomic E-state index is 10.9. The van der Waals surface area contributed by atoms with Gasteiger partial charge in [0.15, 0.2) is 6.04 Å². The first-order valence-electron chi connectivity index (χ1n) is 3.93. The lowest BCUT2D eigenvalue weighted by Gasteiger charge is -1.99. The van der Waals surface area contributed by atoms with Crippen molar-refractivity contribution in [3.8, 4) is 0 Å². The molecule has 1 heterocycles. The first-order chi connectivity index (χ1) is 6.13. The molecule has 1 atom stereocenters. The van der Waals surface area contributed by atoms with Crippen molar-refractivity contribution < 1.29 is 14.7 Å². The van der Waals surface area contributed by atoms with E-state index in [-0.39, 0.29) is 6.61 Å². The van der Waals surface area contributed by atoms with Gasteiger partial charge in [0.2, 0.25) is 5.90 Å². The number of rotatable bonds is 2. The van der Waals surface area contributed by atoms with Gasteiger partial charge in [-0.3, -0.25) is 10.0 Å². The number of ether oxygens (including phenoxy) is 1. The van der Waals surface area contributed by atoms with E-state index in [2.05, 4.69) is 4.99 Å². The van der Waals surface area contributed by atoms with Crippen molar-refractivity contribution >= 4 is 11.8 Å². The van der Waals surface area contributed by atoms with Crippen LogP contribution in [0, 0.1) is 0 Å². The maximum Gasteiger partial charge on any atom is 0.271 e. The van der Waals surface area contributed by atoms with E-state index in [1.165, 1.54) is 5.48 Å². The van der Waals surface area contributed by atoms with Gasteiger partial charge in [0.1, 0.15) is 6.61 Å². The molecule has 0 aromatic heterocycles. The summed E-state index contributed by atoms with van der Waals surface area (Å²) >= 11 is 0. The lowest BCUT2D eigenvalue weighted by atomic mass is 10.3. The molecule has 0 saturated carbocycles. The summed E-state index contributed by atoms with van der Waals surface area (Å²) in [6.45, 7) is 4.00. The molecule has 1 aliphatic rings. The zero-order valence-electron chi connectivity index (χ0n) is 7.57. The Hall–Kier alpha value is -1.36. The van der Waals surface area contributed by atoms with Crippen LogP contribution in [0.4, 0.5) is 0 Å². The van der Waals surface area contributed by atoms with Crippen LogP contribution in [0.2, 0.25) is 0 Å². The van der Waals surface area contributed by atoms with Gasteiger partial charge < -0.3 is 4.74 Å². The van der Waals surface area contributed by atoms with Crippen molar-refractivity contribution in [1.29, 1.82) is 0 Å². The SMILES string of the molecule is CC(C)=CC1=N[C@@H](C(=O)NO)CO1. The molecule has 0 unspecified atom stereocenters. The predicted molar refractivity (Wildman–Crippen MR) is 46.5 cm³/mol. The van der Waals surface area contributed by atoms with Crippen molar-refractivity contribution in [2.75, 3.05) is 6.61 Å². The third-order valence-electron chi connectivity index (χ3n) is 1.50. The summed E-state index contributed by atoms with van der Waals surface area (Å²) in [5, 5.41) is 8.32. The van der Waals surface area contributed by atoms with Gasteiger partial charge in [0.05, 0.1) is 0 Å². The molecule has 1 rings (SSSR count). The summed E-state index contributed by atoms with van der Waals surface area (Å²) in [4.78, 5) is 14.8.